The third-order valence-corrected chi connectivity index (χ3v) is 4.19. The second kappa shape index (κ2) is 9.04. The molecule has 0 unspecified atom stereocenters. The topological polar surface area (TPSA) is 83.9 Å². The number of hydrogen-bond acceptors (Lipinski definition) is 5. The van der Waals surface area contributed by atoms with Crippen LogP contribution in [0.1, 0.15) is 0 Å². The zero-order valence-corrected chi connectivity index (χ0v) is 14.8. The highest BCUT2D eigenvalue weighted by Crippen LogP contribution is 2.21. The first-order valence-electron chi connectivity index (χ1n) is 7.13. The normalized spacial score (nSPS) is 10.0. The van der Waals surface area contributed by atoms with E-state index >= 15 is 0 Å². The number of carbonyl (C=O) groups excluding carboxylic acids is 1. The number of amides is 1. The van der Waals surface area contributed by atoms with Gasteiger partial charge in [0.15, 0.2) is 16.1 Å². The zero-order chi connectivity index (χ0) is 17.4. The number of carbonyl (C=O) groups is 1. The van der Waals surface area contributed by atoms with Crippen LogP contribution in [0.4, 0.5) is 0 Å². The summed E-state index contributed by atoms with van der Waals surface area (Å²) in [7, 11) is 1.87. The van der Waals surface area contributed by atoms with Crippen molar-refractivity contribution < 1.29 is 4.79 Å². The SMILES string of the molecule is C=CCNC(=S)NNC(=O)CSc1nnc(-c2ccccc2)n1C. The Morgan fingerprint density at radius 1 is 1.33 bits per heavy atom. The Kier molecular flexibility index (Phi) is 6.76. The molecule has 0 fully saturated rings. The monoisotopic (exact) mass is 362 g/mol. The molecule has 126 valence electrons. The van der Waals surface area contributed by atoms with Crippen molar-refractivity contribution in [2.75, 3.05) is 12.3 Å². The predicted octanol–water partition coefficient (Wildman–Crippen LogP) is 1.26. The van der Waals surface area contributed by atoms with E-state index in [0.29, 0.717) is 16.8 Å². The quantitative estimate of drug-likeness (QED) is 0.309. The number of rotatable bonds is 6. The van der Waals surface area contributed by atoms with Gasteiger partial charge in [-0.25, -0.2) is 0 Å². The van der Waals surface area contributed by atoms with Crippen LogP contribution in [0.2, 0.25) is 0 Å². The van der Waals surface area contributed by atoms with Crippen LogP contribution in [0.25, 0.3) is 11.4 Å². The number of nitrogens with zero attached hydrogens (tertiary/aromatic N) is 3. The molecule has 0 atom stereocenters. The summed E-state index contributed by atoms with van der Waals surface area (Å²) in [6, 6.07) is 9.76. The van der Waals surface area contributed by atoms with Crippen LogP contribution in [0, 0.1) is 0 Å². The molecule has 0 bridgehead atoms. The summed E-state index contributed by atoms with van der Waals surface area (Å²) in [4.78, 5) is 11.8. The Morgan fingerprint density at radius 3 is 2.79 bits per heavy atom. The van der Waals surface area contributed by atoms with E-state index in [-0.39, 0.29) is 11.7 Å². The fraction of sp³-hybridized carbons (Fsp3) is 0.200. The number of thiocarbonyl (C=S) groups is 1. The van der Waals surface area contributed by atoms with Gasteiger partial charge in [-0.3, -0.25) is 15.6 Å². The van der Waals surface area contributed by atoms with Crippen LogP contribution >= 0.6 is 24.0 Å². The molecular formula is C15H18N6OS2. The van der Waals surface area contributed by atoms with Crippen LogP contribution in [-0.4, -0.2) is 38.1 Å². The van der Waals surface area contributed by atoms with Crippen molar-refractivity contribution in [1.29, 1.82) is 0 Å². The summed E-state index contributed by atoms with van der Waals surface area (Å²) in [5.74, 6) is 0.733. The Balaban J connectivity index is 1.84. The van der Waals surface area contributed by atoms with Gasteiger partial charge in [0.25, 0.3) is 0 Å². The molecule has 2 aromatic rings. The lowest BCUT2D eigenvalue weighted by Gasteiger charge is -2.10. The van der Waals surface area contributed by atoms with E-state index in [1.54, 1.807) is 6.08 Å². The average Bonchev–Trinajstić information content (AvgIpc) is 2.97. The summed E-state index contributed by atoms with van der Waals surface area (Å²) < 4.78 is 1.86. The largest absolute Gasteiger partial charge is 0.358 e. The first-order chi connectivity index (χ1) is 11.6. The van der Waals surface area contributed by atoms with Crippen molar-refractivity contribution in [3.05, 3.63) is 43.0 Å². The summed E-state index contributed by atoms with van der Waals surface area (Å²) in [5.41, 5.74) is 6.11. The smallest absolute Gasteiger partial charge is 0.248 e. The van der Waals surface area contributed by atoms with Gasteiger partial charge >= 0.3 is 0 Å². The number of aromatic nitrogens is 3. The Hall–Kier alpha value is -2.39. The molecule has 1 aromatic heterocycles. The van der Waals surface area contributed by atoms with Crippen LogP contribution in [-0.2, 0) is 11.8 Å². The summed E-state index contributed by atoms with van der Waals surface area (Å²) >= 11 is 6.27. The Labute approximate surface area is 149 Å². The minimum atomic E-state index is -0.216. The molecule has 1 amide bonds. The molecule has 0 aliphatic heterocycles. The van der Waals surface area contributed by atoms with Gasteiger partial charge in [-0.15, -0.1) is 16.8 Å². The molecule has 7 nitrogen and oxygen atoms in total. The third kappa shape index (κ3) is 5.07. The standard InChI is InChI=1S/C15H18N6OS2/c1-3-9-16-14(23)19-17-12(22)10-24-15-20-18-13(21(15)2)11-7-5-4-6-8-11/h3-8H,1,9-10H2,2H3,(H,17,22)(H2,16,19,23). The maximum absolute atomic E-state index is 11.8. The van der Waals surface area contributed by atoms with Crippen molar-refractivity contribution in [1.82, 2.24) is 30.9 Å². The molecule has 2 rings (SSSR count). The minimum Gasteiger partial charge on any atom is -0.358 e. The zero-order valence-electron chi connectivity index (χ0n) is 13.2. The maximum atomic E-state index is 11.8. The molecule has 9 heteroatoms. The molecule has 0 aliphatic carbocycles. The van der Waals surface area contributed by atoms with E-state index < -0.39 is 0 Å². The predicted molar refractivity (Wildman–Crippen MR) is 99.2 cm³/mol. The van der Waals surface area contributed by atoms with E-state index in [9.17, 15) is 4.79 Å². The minimum absolute atomic E-state index is 0.192. The first-order valence-corrected chi connectivity index (χ1v) is 8.52. The van der Waals surface area contributed by atoms with Gasteiger partial charge < -0.3 is 9.88 Å². The second-order valence-electron chi connectivity index (χ2n) is 4.69. The third-order valence-electron chi connectivity index (χ3n) is 2.92. The summed E-state index contributed by atoms with van der Waals surface area (Å²) in [6.07, 6.45) is 1.67. The molecule has 0 saturated carbocycles. The van der Waals surface area contributed by atoms with Gasteiger partial charge in [-0.1, -0.05) is 48.2 Å². The Bertz CT molecular complexity index is 716. The van der Waals surface area contributed by atoms with Crippen LogP contribution in [0.3, 0.4) is 0 Å². The highest BCUT2D eigenvalue weighted by molar-refractivity contribution is 7.99. The van der Waals surface area contributed by atoms with Gasteiger partial charge in [-0.2, -0.15) is 0 Å². The van der Waals surface area contributed by atoms with Crippen LogP contribution in [0.5, 0.6) is 0 Å². The molecule has 1 heterocycles. The molecule has 0 saturated heterocycles. The summed E-state index contributed by atoms with van der Waals surface area (Å²) in [5, 5.41) is 12.1. The molecule has 0 aliphatic rings. The second-order valence-corrected chi connectivity index (χ2v) is 6.04. The first kappa shape index (κ1) is 18.0. The van der Waals surface area contributed by atoms with Crippen LogP contribution < -0.4 is 16.2 Å². The lowest BCUT2D eigenvalue weighted by atomic mass is 10.2. The lowest BCUT2D eigenvalue weighted by molar-refractivity contribution is -0.119. The van der Waals surface area contributed by atoms with E-state index in [0.717, 1.165) is 11.4 Å². The van der Waals surface area contributed by atoms with Crippen LogP contribution in [0.15, 0.2) is 48.1 Å². The number of benzene rings is 1. The fourth-order valence-corrected chi connectivity index (χ4v) is 2.63. The highest BCUT2D eigenvalue weighted by atomic mass is 32.2. The van der Waals surface area contributed by atoms with Gasteiger partial charge in [0.2, 0.25) is 5.91 Å². The van der Waals surface area contributed by atoms with Crippen molar-refractivity contribution in [2.24, 2.45) is 7.05 Å². The van der Waals surface area contributed by atoms with E-state index in [1.165, 1.54) is 11.8 Å². The van der Waals surface area contributed by atoms with Crippen molar-refractivity contribution in [3.63, 3.8) is 0 Å². The Morgan fingerprint density at radius 2 is 2.08 bits per heavy atom. The molecule has 0 radical (unpaired) electrons. The fourth-order valence-electron chi connectivity index (χ4n) is 1.78. The van der Waals surface area contributed by atoms with Gasteiger partial charge in [-0.05, 0) is 12.2 Å². The van der Waals surface area contributed by atoms with E-state index in [1.807, 2.05) is 41.9 Å². The van der Waals surface area contributed by atoms with Crippen molar-refractivity contribution in [3.8, 4) is 11.4 Å². The highest BCUT2D eigenvalue weighted by Gasteiger charge is 2.12. The molecule has 24 heavy (non-hydrogen) atoms. The number of nitrogens with one attached hydrogen (secondary N) is 3. The van der Waals surface area contributed by atoms with E-state index in [4.69, 9.17) is 12.2 Å². The number of thioether (sulfide) groups is 1. The van der Waals surface area contributed by atoms with Gasteiger partial charge in [0.05, 0.1) is 5.75 Å². The van der Waals surface area contributed by atoms with Gasteiger partial charge in [0, 0.05) is 19.2 Å². The number of hydrazine groups is 1. The van der Waals surface area contributed by atoms with Crippen molar-refractivity contribution >= 4 is 35.0 Å². The molecule has 0 spiro atoms. The maximum Gasteiger partial charge on any atom is 0.248 e. The van der Waals surface area contributed by atoms with Crippen molar-refractivity contribution in [2.45, 2.75) is 5.16 Å². The lowest BCUT2D eigenvalue weighted by Crippen LogP contribution is -2.47. The van der Waals surface area contributed by atoms with E-state index in [2.05, 4.69) is 32.9 Å². The molecule has 3 N–H and O–H groups in total. The summed E-state index contributed by atoms with van der Waals surface area (Å²) in [6.45, 7) is 4.09. The number of hydrogen-bond donors (Lipinski definition) is 3. The molecular weight excluding hydrogens is 344 g/mol. The molecule has 1 aromatic carbocycles. The van der Waals surface area contributed by atoms with Gasteiger partial charge in [0.1, 0.15) is 0 Å². The average molecular weight is 362 g/mol.